The van der Waals surface area contributed by atoms with Crippen LogP contribution in [0.15, 0.2) is 57.5 Å². The van der Waals surface area contributed by atoms with Crippen LogP contribution in [0.4, 0.5) is 10.1 Å². The highest BCUT2D eigenvalue weighted by atomic mass is 79.9. The Bertz CT molecular complexity index is 1190. The first-order chi connectivity index (χ1) is 14.3. The molecule has 0 atom stereocenters. The number of hydrogen-bond acceptors (Lipinski definition) is 6. The molecule has 1 heterocycles. The van der Waals surface area contributed by atoms with E-state index in [9.17, 15) is 22.4 Å². The molecule has 2 aliphatic rings. The fraction of sp³-hybridized carbons (Fsp3) is 0.200. The smallest absolute Gasteiger partial charge is 0.268 e. The predicted octanol–water partition coefficient (Wildman–Crippen LogP) is 2.95. The molecule has 1 aliphatic heterocycles. The molecule has 0 radical (unpaired) electrons. The molecular formula is C20H16BrFN2O5S. The van der Waals surface area contributed by atoms with Crippen molar-refractivity contribution in [2.75, 3.05) is 31.0 Å². The van der Waals surface area contributed by atoms with E-state index < -0.39 is 32.3 Å². The number of nitrogens with zero attached hydrogens (tertiary/aromatic N) is 1. The Kier molecular flexibility index (Phi) is 5.48. The van der Waals surface area contributed by atoms with Crippen LogP contribution in [-0.4, -0.2) is 51.2 Å². The predicted molar refractivity (Wildman–Crippen MR) is 111 cm³/mol. The number of allylic oxidation sites excluding steroid dienone is 2. The molecule has 0 amide bonds. The van der Waals surface area contributed by atoms with Gasteiger partial charge in [-0.25, -0.2) is 12.8 Å². The summed E-state index contributed by atoms with van der Waals surface area (Å²) in [4.78, 5) is 27.3. The van der Waals surface area contributed by atoms with Crippen LogP contribution in [0, 0.1) is 5.82 Å². The Morgan fingerprint density at radius 3 is 2.27 bits per heavy atom. The number of hydrogen-bond donors (Lipinski definition) is 1. The molecule has 1 fully saturated rings. The summed E-state index contributed by atoms with van der Waals surface area (Å²) in [6, 6.07) is 9.84. The normalized spacial score (nSPS) is 17.2. The molecule has 156 valence electrons. The number of ether oxygens (including phenoxy) is 1. The topological polar surface area (TPSA) is 92.8 Å². The lowest BCUT2D eigenvalue weighted by molar-refractivity contribution is 0.0499. The van der Waals surface area contributed by atoms with E-state index in [1.54, 1.807) is 12.1 Å². The summed E-state index contributed by atoms with van der Waals surface area (Å²) in [6.07, 6.45) is 0. The number of ketones is 2. The van der Waals surface area contributed by atoms with E-state index in [0.29, 0.717) is 4.47 Å². The number of sulfonamides is 1. The maximum absolute atomic E-state index is 14.3. The molecule has 4 rings (SSSR count). The highest BCUT2D eigenvalue weighted by Gasteiger charge is 2.42. The lowest BCUT2D eigenvalue weighted by Gasteiger charge is -2.33. The van der Waals surface area contributed by atoms with Gasteiger partial charge in [0.2, 0.25) is 11.6 Å². The highest BCUT2D eigenvalue weighted by molar-refractivity contribution is 9.10. The molecule has 0 saturated carbocycles. The van der Waals surface area contributed by atoms with E-state index in [0.717, 1.165) is 6.07 Å². The second-order valence-corrected chi connectivity index (χ2v) is 9.25. The van der Waals surface area contributed by atoms with Gasteiger partial charge in [-0.05, 0) is 18.2 Å². The SMILES string of the molecule is O=C1C(N2CCOCC2)=C(S(=O)(=O)Nc2ccc(Br)cc2F)C(=O)c2ccccc21. The Hall–Kier alpha value is -2.56. The summed E-state index contributed by atoms with van der Waals surface area (Å²) in [5.41, 5.74) is -0.410. The first-order valence-corrected chi connectivity index (χ1v) is 11.3. The minimum atomic E-state index is -4.57. The number of anilines is 1. The van der Waals surface area contributed by atoms with Gasteiger partial charge in [0, 0.05) is 28.7 Å². The van der Waals surface area contributed by atoms with Gasteiger partial charge >= 0.3 is 0 Å². The van der Waals surface area contributed by atoms with E-state index in [-0.39, 0.29) is 48.8 Å². The molecule has 0 unspecified atom stereocenters. The van der Waals surface area contributed by atoms with Crippen molar-refractivity contribution >= 4 is 43.2 Å². The largest absolute Gasteiger partial charge is 0.378 e. The first-order valence-electron chi connectivity index (χ1n) is 9.03. The van der Waals surface area contributed by atoms with Gasteiger partial charge in [0.25, 0.3) is 10.0 Å². The van der Waals surface area contributed by atoms with Crippen molar-refractivity contribution in [3.8, 4) is 0 Å². The molecule has 2 aromatic carbocycles. The molecule has 1 aliphatic carbocycles. The average Bonchev–Trinajstić information content (AvgIpc) is 2.73. The number of Topliss-reactive ketones (excluding diaryl/α,β-unsaturated/α-hetero) is 2. The molecule has 10 heteroatoms. The van der Waals surface area contributed by atoms with Crippen LogP contribution in [0.5, 0.6) is 0 Å². The van der Waals surface area contributed by atoms with Crippen LogP contribution in [0.25, 0.3) is 0 Å². The Labute approximate surface area is 180 Å². The molecule has 0 bridgehead atoms. The van der Waals surface area contributed by atoms with Crippen molar-refractivity contribution in [2.24, 2.45) is 0 Å². The van der Waals surface area contributed by atoms with E-state index in [1.165, 1.54) is 29.2 Å². The number of carbonyl (C=O) groups excluding carboxylic acids is 2. The van der Waals surface area contributed by atoms with Gasteiger partial charge in [-0.15, -0.1) is 0 Å². The summed E-state index contributed by atoms with van der Waals surface area (Å²) >= 11 is 3.11. The highest BCUT2D eigenvalue weighted by Crippen LogP contribution is 2.33. The molecule has 1 saturated heterocycles. The van der Waals surface area contributed by atoms with Crippen LogP contribution >= 0.6 is 15.9 Å². The van der Waals surface area contributed by atoms with Gasteiger partial charge in [-0.3, -0.25) is 14.3 Å². The van der Waals surface area contributed by atoms with Crippen molar-refractivity contribution in [1.29, 1.82) is 0 Å². The summed E-state index contributed by atoms with van der Waals surface area (Å²) in [6.45, 7) is 1.08. The molecule has 0 spiro atoms. The maximum Gasteiger partial charge on any atom is 0.268 e. The number of morpholine rings is 1. The van der Waals surface area contributed by atoms with Crippen LogP contribution in [-0.2, 0) is 14.8 Å². The number of carbonyl (C=O) groups is 2. The quantitative estimate of drug-likeness (QED) is 0.702. The van der Waals surface area contributed by atoms with Gasteiger partial charge in [-0.1, -0.05) is 40.2 Å². The minimum absolute atomic E-state index is 0.00355. The number of nitrogens with one attached hydrogen (secondary N) is 1. The third-order valence-corrected chi connectivity index (χ3v) is 6.72. The van der Waals surface area contributed by atoms with Crippen molar-refractivity contribution in [2.45, 2.75) is 0 Å². The zero-order chi connectivity index (χ0) is 21.5. The maximum atomic E-state index is 14.3. The van der Waals surface area contributed by atoms with Crippen molar-refractivity contribution in [1.82, 2.24) is 4.90 Å². The van der Waals surface area contributed by atoms with E-state index in [1.807, 2.05) is 0 Å². The summed E-state index contributed by atoms with van der Waals surface area (Å²) < 4.78 is 48.6. The monoisotopic (exact) mass is 494 g/mol. The van der Waals surface area contributed by atoms with Crippen molar-refractivity contribution in [3.05, 3.63) is 74.5 Å². The van der Waals surface area contributed by atoms with Crippen LogP contribution in [0.3, 0.4) is 0 Å². The van der Waals surface area contributed by atoms with Gasteiger partial charge < -0.3 is 9.64 Å². The van der Waals surface area contributed by atoms with Gasteiger partial charge in [0.1, 0.15) is 11.5 Å². The molecule has 1 N–H and O–H groups in total. The third kappa shape index (κ3) is 3.66. The second kappa shape index (κ2) is 7.93. The molecular weight excluding hydrogens is 479 g/mol. The summed E-state index contributed by atoms with van der Waals surface area (Å²) in [5, 5.41) is 0. The third-order valence-electron chi connectivity index (χ3n) is 4.82. The van der Waals surface area contributed by atoms with E-state index in [2.05, 4.69) is 20.7 Å². The first kappa shape index (κ1) is 20.7. The minimum Gasteiger partial charge on any atom is -0.378 e. The Balaban J connectivity index is 1.87. The molecule has 2 aromatic rings. The molecule has 7 nitrogen and oxygen atoms in total. The van der Waals surface area contributed by atoms with Gasteiger partial charge in [-0.2, -0.15) is 0 Å². The zero-order valence-corrected chi connectivity index (χ0v) is 17.9. The van der Waals surface area contributed by atoms with Crippen LogP contribution in [0.1, 0.15) is 20.7 Å². The fourth-order valence-corrected chi connectivity index (χ4v) is 5.15. The number of halogens is 2. The average molecular weight is 495 g/mol. The number of fused-ring (bicyclic) bond motifs is 1. The van der Waals surface area contributed by atoms with E-state index >= 15 is 0 Å². The Morgan fingerprint density at radius 2 is 1.63 bits per heavy atom. The fourth-order valence-electron chi connectivity index (χ4n) is 3.43. The number of benzene rings is 2. The zero-order valence-electron chi connectivity index (χ0n) is 15.5. The van der Waals surface area contributed by atoms with E-state index in [4.69, 9.17) is 4.74 Å². The van der Waals surface area contributed by atoms with Gasteiger partial charge in [0.05, 0.1) is 18.9 Å². The summed E-state index contributed by atoms with van der Waals surface area (Å²) in [7, 11) is -4.57. The van der Waals surface area contributed by atoms with Gasteiger partial charge in [0.15, 0.2) is 4.91 Å². The van der Waals surface area contributed by atoms with Crippen LogP contribution < -0.4 is 4.72 Å². The lowest BCUT2D eigenvalue weighted by atomic mass is 9.91. The van der Waals surface area contributed by atoms with Crippen molar-refractivity contribution in [3.63, 3.8) is 0 Å². The summed E-state index contributed by atoms with van der Waals surface area (Å²) in [5.74, 6) is -2.20. The van der Waals surface area contributed by atoms with Crippen LogP contribution in [0.2, 0.25) is 0 Å². The molecule has 0 aromatic heterocycles. The molecule has 30 heavy (non-hydrogen) atoms. The second-order valence-electron chi connectivity index (χ2n) is 6.71. The van der Waals surface area contributed by atoms with Crippen molar-refractivity contribution < 1.29 is 27.1 Å². The Morgan fingerprint density at radius 1 is 1.00 bits per heavy atom. The standard InChI is InChI=1S/C20H16BrFN2O5S/c21-12-5-6-16(15(22)11-12)23-30(27,28)20-17(24-7-9-29-10-8-24)18(25)13-3-1-2-4-14(13)19(20)26/h1-6,11,23H,7-10H2. The lowest BCUT2D eigenvalue weighted by Crippen LogP contribution is -2.43. The number of rotatable bonds is 4.